The Labute approximate surface area is 95.2 Å². The quantitative estimate of drug-likeness (QED) is 0.763. The van der Waals surface area contributed by atoms with Crippen LogP contribution in [0.2, 0.25) is 0 Å². The van der Waals surface area contributed by atoms with E-state index in [0.717, 1.165) is 16.9 Å². The van der Waals surface area contributed by atoms with Crippen molar-refractivity contribution in [1.29, 1.82) is 0 Å². The number of carbonyl (C=O) groups is 1. The van der Waals surface area contributed by atoms with Gasteiger partial charge in [-0.05, 0) is 13.0 Å². The van der Waals surface area contributed by atoms with Crippen molar-refractivity contribution >= 4 is 18.5 Å². The van der Waals surface area contributed by atoms with Crippen LogP contribution in [-0.2, 0) is 11.3 Å². The molecule has 0 aliphatic rings. The van der Waals surface area contributed by atoms with Gasteiger partial charge in [0.15, 0.2) is 0 Å². The monoisotopic (exact) mass is 225 g/mol. The molecule has 3 nitrogen and oxygen atoms in total. The molecule has 1 N–H and O–H groups in total. The molecule has 0 atom stereocenters. The average Bonchev–Trinajstić information content (AvgIpc) is 2.26. The summed E-state index contributed by atoms with van der Waals surface area (Å²) in [5.74, 6) is 0.913. The summed E-state index contributed by atoms with van der Waals surface area (Å²) in [5.41, 5.74) is 2.12. The summed E-state index contributed by atoms with van der Waals surface area (Å²) in [5, 5.41) is 2.76. The molecule has 15 heavy (non-hydrogen) atoms. The number of hydrogen-bond donors (Lipinski definition) is 2. The fourth-order valence-corrected chi connectivity index (χ4v) is 1.41. The minimum atomic E-state index is -0.0816. The van der Waals surface area contributed by atoms with Crippen LogP contribution in [0.4, 0.5) is 0 Å². The van der Waals surface area contributed by atoms with Crippen LogP contribution in [0.1, 0.15) is 11.1 Å². The van der Waals surface area contributed by atoms with E-state index in [1.807, 2.05) is 25.1 Å². The lowest BCUT2D eigenvalue weighted by atomic mass is 10.1. The highest BCUT2D eigenvalue weighted by Crippen LogP contribution is 2.19. The lowest BCUT2D eigenvalue weighted by Crippen LogP contribution is -2.24. The van der Waals surface area contributed by atoms with E-state index in [1.165, 1.54) is 0 Å². The minimum absolute atomic E-state index is 0.0816. The van der Waals surface area contributed by atoms with Crippen molar-refractivity contribution < 1.29 is 9.53 Å². The van der Waals surface area contributed by atoms with Crippen molar-refractivity contribution in [2.24, 2.45) is 0 Å². The molecule has 1 aromatic rings. The second-order valence-electron chi connectivity index (χ2n) is 3.25. The van der Waals surface area contributed by atoms with Gasteiger partial charge >= 0.3 is 0 Å². The van der Waals surface area contributed by atoms with Crippen LogP contribution in [0.5, 0.6) is 5.75 Å². The first-order valence-corrected chi connectivity index (χ1v) is 5.31. The number of carbonyl (C=O) groups excluding carboxylic acids is 1. The highest BCUT2D eigenvalue weighted by Gasteiger charge is 2.04. The predicted molar refractivity (Wildman–Crippen MR) is 63.4 cm³/mol. The summed E-state index contributed by atoms with van der Waals surface area (Å²) in [6.07, 6.45) is 0. The van der Waals surface area contributed by atoms with E-state index in [1.54, 1.807) is 7.11 Å². The van der Waals surface area contributed by atoms with Crippen molar-refractivity contribution in [3.05, 3.63) is 29.3 Å². The predicted octanol–water partition coefficient (Wildman–Crippen LogP) is 1.55. The van der Waals surface area contributed by atoms with Crippen molar-refractivity contribution in [1.82, 2.24) is 5.32 Å². The minimum Gasteiger partial charge on any atom is -0.496 e. The third kappa shape index (κ3) is 3.47. The molecule has 1 rings (SSSR count). The number of thiol groups is 1. The average molecular weight is 225 g/mol. The third-order valence-electron chi connectivity index (χ3n) is 2.06. The Kier molecular flexibility index (Phi) is 4.49. The lowest BCUT2D eigenvalue weighted by molar-refractivity contribution is -0.118. The normalized spacial score (nSPS) is 9.80. The van der Waals surface area contributed by atoms with E-state index in [0.29, 0.717) is 6.54 Å². The zero-order valence-corrected chi connectivity index (χ0v) is 9.80. The van der Waals surface area contributed by atoms with Gasteiger partial charge in [0, 0.05) is 12.1 Å². The molecule has 0 radical (unpaired) electrons. The van der Waals surface area contributed by atoms with E-state index < -0.39 is 0 Å². The molecular weight excluding hydrogens is 210 g/mol. The Morgan fingerprint density at radius 3 is 2.87 bits per heavy atom. The molecule has 0 aliphatic carbocycles. The molecule has 0 fully saturated rings. The largest absolute Gasteiger partial charge is 0.496 e. The standard InChI is InChI=1S/C11H15NO2S/c1-8-3-4-10(14-2)9(5-8)6-12-11(13)7-15/h3-5,15H,6-7H2,1-2H3,(H,12,13). The number of methoxy groups -OCH3 is 1. The number of benzene rings is 1. The maximum atomic E-state index is 11.0. The summed E-state index contributed by atoms with van der Waals surface area (Å²) < 4.78 is 5.20. The van der Waals surface area contributed by atoms with Crippen LogP contribution >= 0.6 is 12.6 Å². The van der Waals surface area contributed by atoms with Gasteiger partial charge < -0.3 is 10.1 Å². The fourth-order valence-electron chi connectivity index (χ4n) is 1.30. The Hall–Kier alpha value is -1.16. The molecule has 0 aliphatic heterocycles. The van der Waals surface area contributed by atoms with Crippen molar-refractivity contribution in [2.75, 3.05) is 12.9 Å². The van der Waals surface area contributed by atoms with Gasteiger partial charge in [0.2, 0.25) is 5.91 Å². The van der Waals surface area contributed by atoms with E-state index >= 15 is 0 Å². The number of rotatable bonds is 4. The second-order valence-corrected chi connectivity index (χ2v) is 3.57. The first kappa shape index (κ1) is 11.9. The van der Waals surface area contributed by atoms with Gasteiger partial charge in [-0.15, -0.1) is 0 Å². The maximum absolute atomic E-state index is 11.0. The fraction of sp³-hybridized carbons (Fsp3) is 0.364. The first-order valence-electron chi connectivity index (χ1n) is 4.68. The van der Waals surface area contributed by atoms with Gasteiger partial charge in [-0.3, -0.25) is 4.79 Å². The zero-order valence-electron chi connectivity index (χ0n) is 8.91. The molecule has 0 saturated heterocycles. The number of aryl methyl sites for hydroxylation is 1. The molecule has 4 heteroatoms. The van der Waals surface area contributed by atoms with E-state index in [9.17, 15) is 4.79 Å². The van der Waals surface area contributed by atoms with Crippen molar-refractivity contribution in [2.45, 2.75) is 13.5 Å². The highest BCUT2D eigenvalue weighted by atomic mass is 32.1. The molecule has 0 aromatic heterocycles. The Morgan fingerprint density at radius 1 is 1.53 bits per heavy atom. The molecule has 82 valence electrons. The van der Waals surface area contributed by atoms with E-state index in [-0.39, 0.29) is 11.7 Å². The Bertz CT molecular complexity index is 352. The molecule has 0 saturated carbocycles. The zero-order chi connectivity index (χ0) is 11.3. The van der Waals surface area contributed by atoms with Crippen LogP contribution < -0.4 is 10.1 Å². The van der Waals surface area contributed by atoms with Crippen LogP contribution in [0.3, 0.4) is 0 Å². The molecular formula is C11H15NO2S. The van der Waals surface area contributed by atoms with Crippen LogP contribution in [0.15, 0.2) is 18.2 Å². The van der Waals surface area contributed by atoms with Crippen molar-refractivity contribution in [3.8, 4) is 5.75 Å². The number of ether oxygens (including phenoxy) is 1. The molecule has 0 bridgehead atoms. The Balaban J connectivity index is 2.74. The van der Waals surface area contributed by atoms with Gasteiger partial charge in [0.25, 0.3) is 0 Å². The lowest BCUT2D eigenvalue weighted by Gasteiger charge is -2.10. The summed E-state index contributed by atoms with van der Waals surface area (Å²) in [7, 11) is 1.62. The SMILES string of the molecule is COc1ccc(C)cc1CNC(=O)CS. The van der Waals surface area contributed by atoms with Crippen LogP contribution in [0, 0.1) is 6.92 Å². The van der Waals surface area contributed by atoms with Gasteiger partial charge in [0.05, 0.1) is 12.9 Å². The van der Waals surface area contributed by atoms with Crippen LogP contribution in [0.25, 0.3) is 0 Å². The number of amides is 1. The van der Waals surface area contributed by atoms with Crippen LogP contribution in [-0.4, -0.2) is 18.8 Å². The topological polar surface area (TPSA) is 38.3 Å². The maximum Gasteiger partial charge on any atom is 0.229 e. The molecule has 0 spiro atoms. The van der Waals surface area contributed by atoms with Crippen molar-refractivity contribution in [3.63, 3.8) is 0 Å². The molecule has 1 aromatic carbocycles. The summed E-state index contributed by atoms with van der Waals surface area (Å²) in [4.78, 5) is 11.0. The van der Waals surface area contributed by atoms with Gasteiger partial charge in [0.1, 0.15) is 5.75 Å². The van der Waals surface area contributed by atoms with E-state index in [2.05, 4.69) is 17.9 Å². The summed E-state index contributed by atoms with van der Waals surface area (Å²) in [6, 6.07) is 5.87. The smallest absolute Gasteiger partial charge is 0.229 e. The highest BCUT2D eigenvalue weighted by molar-refractivity contribution is 7.81. The summed E-state index contributed by atoms with van der Waals surface area (Å²) >= 11 is 3.89. The first-order chi connectivity index (χ1) is 7.17. The molecule has 0 unspecified atom stereocenters. The molecule has 1 amide bonds. The summed E-state index contributed by atoms with van der Waals surface area (Å²) in [6.45, 7) is 2.48. The third-order valence-corrected chi connectivity index (χ3v) is 2.34. The Morgan fingerprint density at radius 2 is 2.27 bits per heavy atom. The second kappa shape index (κ2) is 5.66. The molecule has 0 heterocycles. The number of nitrogens with one attached hydrogen (secondary N) is 1. The van der Waals surface area contributed by atoms with Gasteiger partial charge in [-0.2, -0.15) is 12.6 Å². The van der Waals surface area contributed by atoms with Gasteiger partial charge in [-0.25, -0.2) is 0 Å². The van der Waals surface area contributed by atoms with Gasteiger partial charge in [-0.1, -0.05) is 17.7 Å². The number of hydrogen-bond acceptors (Lipinski definition) is 3. The van der Waals surface area contributed by atoms with E-state index in [4.69, 9.17) is 4.74 Å².